The van der Waals surface area contributed by atoms with Crippen LogP contribution in [0.15, 0.2) is 42.5 Å². The molecule has 23 heavy (non-hydrogen) atoms. The Balaban J connectivity index is 1.82. The van der Waals surface area contributed by atoms with Gasteiger partial charge in [-0.05, 0) is 24.3 Å². The normalized spacial score (nSPS) is 38.1. The summed E-state index contributed by atoms with van der Waals surface area (Å²) < 4.78 is 10.4. The third-order valence-corrected chi connectivity index (χ3v) is 6.11. The second kappa shape index (κ2) is 4.95. The number of rotatable bonds is 2. The predicted molar refractivity (Wildman–Crippen MR) is 83.4 cm³/mol. The van der Waals surface area contributed by atoms with Crippen LogP contribution in [0.1, 0.15) is 24.3 Å². The van der Waals surface area contributed by atoms with Crippen molar-refractivity contribution in [3.05, 3.63) is 48.0 Å². The maximum Gasteiger partial charge on any atom is 0.312 e. The van der Waals surface area contributed by atoms with E-state index in [1.165, 1.54) is 12.7 Å². The molecule has 120 valence electrons. The number of carbonyl (C=O) groups excluding carboxylic acids is 2. The maximum absolute atomic E-state index is 12.8. The lowest BCUT2D eigenvalue weighted by Gasteiger charge is -2.32. The molecular formula is C19H20O4. The zero-order valence-electron chi connectivity index (χ0n) is 13.2. The largest absolute Gasteiger partial charge is 0.469 e. The van der Waals surface area contributed by atoms with Gasteiger partial charge in [-0.25, -0.2) is 0 Å². The fourth-order valence-electron chi connectivity index (χ4n) is 5.25. The van der Waals surface area contributed by atoms with E-state index in [0.717, 1.165) is 5.57 Å². The molecule has 2 aliphatic carbocycles. The van der Waals surface area contributed by atoms with Crippen LogP contribution in [0.3, 0.4) is 0 Å². The van der Waals surface area contributed by atoms with E-state index in [-0.39, 0.29) is 35.6 Å². The molecule has 1 aromatic carbocycles. The summed E-state index contributed by atoms with van der Waals surface area (Å²) in [5.74, 6) is -0.476. The number of methoxy groups -OCH3 is 1. The Morgan fingerprint density at radius 1 is 1.30 bits per heavy atom. The van der Waals surface area contributed by atoms with Crippen molar-refractivity contribution in [3.8, 4) is 0 Å². The molecule has 1 heterocycles. The van der Waals surface area contributed by atoms with Gasteiger partial charge in [0.25, 0.3) is 0 Å². The first-order valence-corrected chi connectivity index (χ1v) is 8.07. The summed E-state index contributed by atoms with van der Waals surface area (Å²) in [4.78, 5) is 24.8. The van der Waals surface area contributed by atoms with Crippen molar-refractivity contribution in [1.82, 2.24) is 0 Å². The lowest BCUT2D eigenvalue weighted by molar-refractivity contribution is -0.158. The Morgan fingerprint density at radius 3 is 2.74 bits per heavy atom. The van der Waals surface area contributed by atoms with Gasteiger partial charge >= 0.3 is 11.9 Å². The molecule has 0 spiro atoms. The highest BCUT2D eigenvalue weighted by atomic mass is 16.5. The number of hydrogen-bond acceptors (Lipinski definition) is 4. The Labute approximate surface area is 135 Å². The lowest BCUT2D eigenvalue weighted by atomic mass is 9.71. The molecule has 4 nitrogen and oxygen atoms in total. The molecule has 3 aliphatic rings. The number of hydrogen-bond donors (Lipinski definition) is 0. The number of esters is 2. The summed E-state index contributed by atoms with van der Waals surface area (Å²) >= 11 is 0. The summed E-state index contributed by atoms with van der Waals surface area (Å²) in [5, 5.41) is 0. The first-order valence-electron chi connectivity index (χ1n) is 8.07. The van der Waals surface area contributed by atoms with Crippen LogP contribution >= 0.6 is 0 Å². The third kappa shape index (κ3) is 1.78. The molecule has 2 saturated carbocycles. The number of benzene rings is 1. The zero-order chi connectivity index (χ0) is 16.2. The van der Waals surface area contributed by atoms with E-state index in [2.05, 4.69) is 18.7 Å². The highest BCUT2D eigenvalue weighted by Gasteiger charge is 2.69. The van der Waals surface area contributed by atoms with Gasteiger partial charge in [0.2, 0.25) is 0 Å². The Morgan fingerprint density at radius 2 is 2.04 bits per heavy atom. The molecule has 4 rings (SSSR count). The van der Waals surface area contributed by atoms with Gasteiger partial charge in [-0.3, -0.25) is 9.59 Å². The first kappa shape index (κ1) is 14.5. The summed E-state index contributed by atoms with van der Waals surface area (Å²) in [7, 11) is 1.43. The predicted octanol–water partition coefficient (Wildman–Crippen LogP) is 2.70. The third-order valence-electron chi connectivity index (χ3n) is 6.11. The van der Waals surface area contributed by atoms with Gasteiger partial charge in [0.1, 0.15) is 0 Å². The van der Waals surface area contributed by atoms with Crippen molar-refractivity contribution >= 4 is 11.9 Å². The van der Waals surface area contributed by atoms with Crippen LogP contribution in [0.4, 0.5) is 0 Å². The minimum Gasteiger partial charge on any atom is -0.469 e. The number of cyclic esters (lactones) is 1. The van der Waals surface area contributed by atoms with Crippen molar-refractivity contribution in [2.45, 2.75) is 18.8 Å². The summed E-state index contributed by atoms with van der Waals surface area (Å²) in [6.45, 7) is 4.58. The Bertz CT molecular complexity index is 680. The van der Waals surface area contributed by atoms with Crippen molar-refractivity contribution in [2.75, 3.05) is 13.7 Å². The van der Waals surface area contributed by atoms with Crippen LogP contribution in [0.25, 0.3) is 0 Å². The molecule has 4 heteroatoms. The van der Waals surface area contributed by atoms with Crippen molar-refractivity contribution in [2.24, 2.45) is 23.2 Å². The van der Waals surface area contributed by atoms with Crippen LogP contribution in [0.5, 0.6) is 0 Å². The summed E-state index contributed by atoms with van der Waals surface area (Å²) in [6.07, 6.45) is 1.26. The molecule has 0 bridgehead atoms. The zero-order valence-corrected chi connectivity index (χ0v) is 13.2. The van der Waals surface area contributed by atoms with E-state index in [1.807, 2.05) is 18.2 Å². The van der Waals surface area contributed by atoms with Crippen LogP contribution < -0.4 is 0 Å². The number of allylic oxidation sites excluding steroid dienone is 1. The molecule has 5 atom stereocenters. The second-order valence-corrected chi connectivity index (χ2v) is 6.94. The van der Waals surface area contributed by atoms with Crippen LogP contribution in [0.2, 0.25) is 0 Å². The topological polar surface area (TPSA) is 52.6 Å². The van der Waals surface area contributed by atoms with E-state index < -0.39 is 5.41 Å². The molecule has 0 radical (unpaired) electrons. The molecule has 1 aromatic rings. The van der Waals surface area contributed by atoms with Gasteiger partial charge in [-0.2, -0.15) is 0 Å². The number of fused-ring (bicyclic) bond motifs is 3. The molecule has 0 N–H and O–H groups in total. The molecule has 0 aromatic heterocycles. The maximum atomic E-state index is 12.8. The lowest BCUT2D eigenvalue weighted by Crippen LogP contribution is -2.40. The van der Waals surface area contributed by atoms with Gasteiger partial charge in [-0.15, -0.1) is 0 Å². The molecule has 3 fully saturated rings. The van der Waals surface area contributed by atoms with E-state index >= 15 is 0 Å². The SMILES string of the molecule is C=C1CC2(C(=O)OC)C3COC(=O)C3CC2C1c1ccccc1. The van der Waals surface area contributed by atoms with E-state index in [0.29, 0.717) is 19.4 Å². The second-order valence-electron chi connectivity index (χ2n) is 6.94. The Kier molecular flexibility index (Phi) is 3.12. The Hall–Kier alpha value is -2.10. The van der Waals surface area contributed by atoms with Gasteiger partial charge in [0.15, 0.2) is 0 Å². The van der Waals surface area contributed by atoms with E-state index in [9.17, 15) is 9.59 Å². The van der Waals surface area contributed by atoms with Gasteiger partial charge < -0.3 is 9.47 Å². The van der Waals surface area contributed by atoms with Crippen molar-refractivity contribution in [3.63, 3.8) is 0 Å². The van der Waals surface area contributed by atoms with E-state index in [4.69, 9.17) is 9.47 Å². The molecule has 1 saturated heterocycles. The highest BCUT2D eigenvalue weighted by Crippen LogP contribution is 2.67. The highest BCUT2D eigenvalue weighted by molar-refractivity contribution is 5.85. The quantitative estimate of drug-likeness (QED) is 0.622. The van der Waals surface area contributed by atoms with Crippen molar-refractivity contribution in [1.29, 1.82) is 0 Å². The molecule has 5 unspecified atom stereocenters. The van der Waals surface area contributed by atoms with Gasteiger partial charge in [-0.1, -0.05) is 42.5 Å². The monoisotopic (exact) mass is 312 g/mol. The average molecular weight is 312 g/mol. The van der Waals surface area contributed by atoms with Crippen LogP contribution in [-0.4, -0.2) is 25.7 Å². The van der Waals surface area contributed by atoms with E-state index in [1.54, 1.807) is 0 Å². The first-order chi connectivity index (χ1) is 11.1. The minimum absolute atomic E-state index is 0.0627. The smallest absolute Gasteiger partial charge is 0.312 e. The number of ether oxygens (including phenoxy) is 2. The van der Waals surface area contributed by atoms with Crippen molar-refractivity contribution < 1.29 is 19.1 Å². The molecule has 0 amide bonds. The summed E-state index contributed by atoms with van der Waals surface area (Å²) in [6, 6.07) is 10.1. The summed E-state index contributed by atoms with van der Waals surface area (Å²) in [5.41, 5.74) is 1.56. The van der Waals surface area contributed by atoms with Crippen LogP contribution in [0, 0.1) is 23.2 Å². The standard InChI is InChI=1S/C19H20O4/c1-11-9-19(18(21)22-2)14(8-13-15(19)10-23-17(13)20)16(11)12-6-4-3-5-7-12/h3-7,13-16H,1,8-10H2,2H3. The average Bonchev–Trinajstić information content (AvgIpc) is 3.16. The minimum atomic E-state index is -0.664. The van der Waals surface area contributed by atoms with Gasteiger partial charge in [0, 0.05) is 11.8 Å². The number of carbonyl (C=O) groups is 2. The fraction of sp³-hybridized carbons (Fsp3) is 0.474. The molecule has 1 aliphatic heterocycles. The van der Waals surface area contributed by atoms with Gasteiger partial charge in [0.05, 0.1) is 25.0 Å². The molecular weight excluding hydrogens is 292 g/mol. The van der Waals surface area contributed by atoms with Crippen LogP contribution in [-0.2, 0) is 19.1 Å². The fourth-order valence-corrected chi connectivity index (χ4v) is 5.25.